The molecule has 0 saturated carbocycles. The van der Waals surface area contributed by atoms with Crippen molar-refractivity contribution in [1.82, 2.24) is 29.6 Å². The Bertz CT molecular complexity index is 1450. The average Bonchev–Trinajstić information content (AvgIpc) is 3.35. The molecule has 3 aromatic heterocycles. The van der Waals surface area contributed by atoms with E-state index in [1.165, 1.54) is 23.1 Å². The lowest BCUT2D eigenvalue weighted by molar-refractivity contribution is -0.137. The summed E-state index contributed by atoms with van der Waals surface area (Å²) in [6.45, 7) is 13.2. The van der Waals surface area contributed by atoms with Crippen molar-refractivity contribution in [1.29, 1.82) is 0 Å². The summed E-state index contributed by atoms with van der Waals surface area (Å²) in [6.07, 6.45) is 0.0437. The summed E-state index contributed by atoms with van der Waals surface area (Å²) in [5, 5.41) is 7.69. The van der Waals surface area contributed by atoms with Gasteiger partial charge in [-0.05, 0) is 38.9 Å². The molecular weight excluding hydrogens is 501 g/mol. The molecule has 8 nitrogen and oxygen atoms in total. The zero-order valence-electron chi connectivity index (χ0n) is 21.8. The number of benzene rings is 1. The predicted molar refractivity (Wildman–Crippen MR) is 138 cm³/mol. The quantitative estimate of drug-likeness (QED) is 0.246. The van der Waals surface area contributed by atoms with E-state index in [0.717, 1.165) is 18.2 Å². The van der Waals surface area contributed by atoms with Crippen molar-refractivity contribution >= 4 is 36.0 Å². The fourth-order valence-electron chi connectivity index (χ4n) is 3.74. The minimum absolute atomic E-state index is 0.192. The highest BCUT2D eigenvalue weighted by molar-refractivity contribution is 6.76. The van der Waals surface area contributed by atoms with E-state index in [-0.39, 0.29) is 24.0 Å². The first-order valence-corrected chi connectivity index (χ1v) is 15.6. The van der Waals surface area contributed by atoms with Crippen LogP contribution < -0.4 is 5.32 Å². The smallest absolute Gasteiger partial charge is 0.361 e. The van der Waals surface area contributed by atoms with Gasteiger partial charge in [-0.25, -0.2) is 14.6 Å². The molecule has 1 N–H and O–H groups in total. The summed E-state index contributed by atoms with van der Waals surface area (Å²) in [5.41, 5.74) is -0.00955. The molecule has 0 bridgehead atoms. The number of hydrogen-bond donors (Lipinski definition) is 1. The monoisotopic (exact) mass is 532 g/mol. The molecule has 1 aromatic carbocycles. The van der Waals surface area contributed by atoms with Crippen molar-refractivity contribution in [3.8, 4) is 5.82 Å². The molecule has 0 aliphatic heterocycles. The van der Waals surface area contributed by atoms with Crippen LogP contribution in [0, 0.1) is 0 Å². The van der Waals surface area contributed by atoms with Gasteiger partial charge < -0.3 is 14.6 Å². The zero-order valence-corrected chi connectivity index (χ0v) is 22.8. The fraction of sp³-hybridized carbons (Fsp3) is 0.440. The number of fused-ring (bicyclic) bond motifs is 2. The molecular formula is C25H31F3N6O2Si. The second-order valence-electron chi connectivity index (χ2n) is 11.3. The Labute approximate surface area is 213 Å². The molecule has 0 atom stereocenters. The van der Waals surface area contributed by atoms with E-state index < -0.39 is 25.4 Å². The molecule has 0 unspecified atom stereocenters. The Balaban J connectivity index is 1.77. The Morgan fingerprint density at radius 1 is 1.14 bits per heavy atom. The number of nitrogens with one attached hydrogen (secondary N) is 1. The SMILES string of the molecule is CC(C)(C)NC(=O)c1cn(COCC[Si](C)(C)C)c2ncc(-n3ncc4ccc(C(F)(F)F)cc43)nc12. The van der Waals surface area contributed by atoms with Gasteiger partial charge in [0.15, 0.2) is 11.5 Å². The van der Waals surface area contributed by atoms with Gasteiger partial charge in [-0.2, -0.15) is 18.3 Å². The van der Waals surface area contributed by atoms with Crippen molar-refractivity contribution < 1.29 is 22.7 Å². The third-order valence-corrected chi connectivity index (χ3v) is 7.33. The number of nitrogens with zero attached hydrogens (tertiary/aromatic N) is 5. The second kappa shape index (κ2) is 9.56. The number of rotatable bonds is 7. The highest BCUT2D eigenvalue weighted by Gasteiger charge is 2.31. The number of carbonyl (C=O) groups excluding carboxylic acids is 1. The third-order valence-electron chi connectivity index (χ3n) is 5.63. The number of amides is 1. The molecule has 0 aliphatic carbocycles. The van der Waals surface area contributed by atoms with Crippen LogP contribution in [-0.2, 0) is 17.6 Å². The van der Waals surface area contributed by atoms with Crippen molar-refractivity contribution in [2.75, 3.05) is 6.61 Å². The molecule has 0 saturated heterocycles. The maximum Gasteiger partial charge on any atom is 0.416 e. The lowest BCUT2D eigenvalue weighted by Gasteiger charge is -2.20. The van der Waals surface area contributed by atoms with E-state index in [4.69, 9.17) is 4.74 Å². The summed E-state index contributed by atoms with van der Waals surface area (Å²) in [7, 11) is -1.27. The molecule has 1 amide bonds. The number of halogens is 3. The van der Waals surface area contributed by atoms with Crippen LogP contribution in [0.4, 0.5) is 13.2 Å². The van der Waals surface area contributed by atoms with Crippen LogP contribution in [0.2, 0.25) is 25.7 Å². The Morgan fingerprint density at radius 3 is 2.51 bits per heavy atom. The number of alkyl halides is 3. The largest absolute Gasteiger partial charge is 0.416 e. The van der Waals surface area contributed by atoms with Gasteiger partial charge in [0.25, 0.3) is 5.91 Å². The normalized spacial score (nSPS) is 13.0. The molecule has 198 valence electrons. The van der Waals surface area contributed by atoms with Crippen LogP contribution in [-0.4, -0.2) is 50.4 Å². The van der Waals surface area contributed by atoms with Crippen molar-refractivity contribution in [2.45, 2.75) is 64.9 Å². The molecule has 3 heterocycles. The van der Waals surface area contributed by atoms with Gasteiger partial charge in [-0.3, -0.25) is 4.79 Å². The Kier molecular flexibility index (Phi) is 6.93. The second-order valence-corrected chi connectivity index (χ2v) is 16.9. The average molecular weight is 533 g/mol. The van der Waals surface area contributed by atoms with Crippen LogP contribution in [0.3, 0.4) is 0 Å². The Morgan fingerprint density at radius 2 is 1.86 bits per heavy atom. The first kappa shape index (κ1) is 26.8. The maximum atomic E-state index is 13.3. The first-order valence-electron chi connectivity index (χ1n) is 11.9. The summed E-state index contributed by atoms with van der Waals surface area (Å²) in [6, 6.07) is 4.40. The molecule has 0 fully saturated rings. The van der Waals surface area contributed by atoms with Crippen LogP contribution >= 0.6 is 0 Å². The van der Waals surface area contributed by atoms with Crippen molar-refractivity contribution in [3.63, 3.8) is 0 Å². The van der Waals surface area contributed by atoms with Crippen LogP contribution in [0.25, 0.3) is 27.9 Å². The lowest BCUT2D eigenvalue weighted by Crippen LogP contribution is -2.40. The highest BCUT2D eigenvalue weighted by Crippen LogP contribution is 2.32. The molecule has 0 aliphatic rings. The van der Waals surface area contributed by atoms with Crippen molar-refractivity contribution in [3.05, 3.63) is 47.9 Å². The summed E-state index contributed by atoms with van der Waals surface area (Å²) >= 11 is 0. The molecule has 12 heteroatoms. The predicted octanol–water partition coefficient (Wildman–Crippen LogP) is 5.63. The van der Waals surface area contributed by atoms with Gasteiger partial charge in [0.05, 0.1) is 29.0 Å². The van der Waals surface area contributed by atoms with Gasteiger partial charge in [0.1, 0.15) is 12.2 Å². The van der Waals surface area contributed by atoms with Gasteiger partial charge >= 0.3 is 6.18 Å². The van der Waals surface area contributed by atoms with Gasteiger partial charge in [-0.1, -0.05) is 25.7 Å². The minimum atomic E-state index is -4.50. The molecule has 4 rings (SSSR count). The van der Waals surface area contributed by atoms with E-state index >= 15 is 0 Å². The van der Waals surface area contributed by atoms with Gasteiger partial charge in [0, 0.05) is 31.8 Å². The first-order chi connectivity index (χ1) is 17.1. The summed E-state index contributed by atoms with van der Waals surface area (Å²) < 4.78 is 48.9. The third kappa shape index (κ3) is 6.19. The van der Waals surface area contributed by atoms with Gasteiger partial charge in [0.2, 0.25) is 0 Å². The maximum absolute atomic E-state index is 13.3. The number of carbonyl (C=O) groups is 1. The molecule has 0 radical (unpaired) electrons. The van der Waals surface area contributed by atoms with E-state index in [9.17, 15) is 18.0 Å². The lowest BCUT2D eigenvalue weighted by atomic mass is 10.1. The molecule has 4 aromatic rings. The van der Waals surface area contributed by atoms with Crippen molar-refractivity contribution in [2.24, 2.45) is 0 Å². The number of ether oxygens (including phenoxy) is 1. The fourth-order valence-corrected chi connectivity index (χ4v) is 4.49. The topological polar surface area (TPSA) is 86.9 Å². The van der Waals surface area contributed by atoms with E-state index in [1.807, 2.05) is 20.8 Å². The Hall–Kier alpha value is -3.25. The summed E-state index contributed by atoms with van der Waals surface area (Å²) in [5.74, 6) is -0.140. The minimum Gasteiger partial charge on any atom is -0.361 e. The van der Waals surface area contributed by atoms with E-state index in [1.54, 1.807) is 10.8 Å². The van der Waals surface area contributed by atoms with E-state index in [0.29, 0.717) is 28.7 Å². The van der Waals surface area contributed by atoms with Crippen LogP contribution in [0.5, 0.6) is 0 Å². The van der Waals surface area contributed by atoms with E-state index in [2.05, 4.69) is 40.0 Å². The summed E-state index contributed by atoms with van der Waals surface area (Å²) in [4.78, 5) is 22.3. The van der Waals surface area contributed by atoms with Crippen LogP contribution in [0.15, 0.2) is 36.8 Å². The number of aromatic nitrogens is 5. The highest BCUT2D eigenvalue weighted by atomic mass is 28.3. The number of hydrogen-bond acceptors (Lipinski definition) is 5. The van der Waals surface area contributed by atoms with Crippen LogP contribution in [0.1, 0.15) is 36.7 Å². The molecule has 0 spiro atoms. The molecule has 37 heavy (non-hydrogen) atoms. The van der Waals surface area contributed by atoms with Gasteiger partial charge in [-0.15, -0.1) is 0 Å². The standard InChI is InChI=1S/C25H31F3N6O2Si/c1-24(2,3)32-23(35)18-14-33(15-36-9-10-37(4,5)6)22-21(18)31-20(13-29-22)34-19-11-17(25(26,27)28)8-7-16(19)12-30-34/h7-8,11-14H,9-10,15H2,1-6H3,(H,32,35). The zero-order chi connectivity index (χ0) is 27.2.